The minimum atomic E-state index is -4.52. The molecular weight excluding hydrogens is 790 g/mol. The molecule has 0 unspecified atom stereocenters. The molecule has 294 valence electrons. The molecule has 0 aliphatic heterocycles. The van der Waals surface area contributed by atoms with Crippen LogP contribution in [0.4, 0.5) is 0 Å². The summed E-state index contributed by atoms with van der Waals surface area (Å²) in [5.74, 6) is 0. The van der Waals surface area contributed by atoms with Crippen LogP contribution in [-0.4, -0.2) is 0 Å². The molecular formula is C54H45O3P3. The van der Waals surface area contributed by atoms with Crippen molar-refractivity contribution in [3.63, 3.8) is 0 Å². The molecule has 0 heterocycles. The van der Waals surface area contributed by atoms with Gasteiger partial charge in [0.2, 0.25) is 0 Å². The summed E-state index contributed by atoms with van der Waals surface area (Å²) in [5, 5.41) is 10.9. The number of hydrogen-bond acceptors (Lipinski definition) is 3. The highest BCUT2D eigenvalue weighted by atomic mass is 31.2. The first-order chi connectivity index (χ1) is 29.4. The summed E-state index contributed by atoms with van der Waals surface area (Å²) in [6, 6.07) is 94.9. The first-order valence-corrected chi connectivity index (χ1v) is 24.9. The molecule has 3 nitrogen and oxygen atoms in total. The molecule has 0 aliphatic carbocycles. The molecule has 0 saturated carbocycles. The highest BCUT2D eigenvalue weighted by molar-refractivity contribution is 8.02. The summed E-state index contributed by atoms with van der Waals surface area (Å²) in [6.07, 6.45) is 0. The number of hydrogen-bond donors (Lipinski definition) is 0. The van der Waals surface area contributed by atoms with Crippen molar-refractivity contribution in [3.05, 3.63) is 273 Å². The van der Waals surface area contributed by atoms with E-state index in [9.17, 15) is 14.4 Å². The molecule has 6 heteroatoms. The van der Waals surface area contributed by atoms with Crippen LogP contribution < -0.4 is 57.5 Å². The third-order valence-corrected chi connectivity index (χ3v) is 19.7. The highest BCUT2D eigenvalue weighted by Crippen LogP contribution is 2.55. The van der Waals surface area contributed by atoms with Crippen LogP contribution in [-0.2, 0) is 4.57 Å². The standard InChI is InChI=1S/2C24H20P.C6H7O3P/c2*1-5-13-21(14-6-1)25(22-15-7-2-8-16-22,23-17-9-3-10-18-23)24-19-11-4-12-20-24;7-10(8,9)6-4-2-1-3-5-6/h2*1-20H;1-5H,(H2,7,8,9)/q2*+1;/p-2. The van der Waals surface area contributed by atoms with Gasteiger partial charge in [0.15, 0.2) is 0 Å². The van der Waals surface area contributed by atoms with Crippen LogP contribution in [0.3, 0.4) is 0 Å². The van der Waals surface area contributed by atoms with Crippen molar-refractivity contribution in [3.8, 4) is 0 Å². The van der Waals surface area contributed by atoms with E-state index in [1.165, 1.54) is 66.7 Å². The summed E-state index contributed by atoms with van der Waals surface area (Å²) >= 11 is 0. The Morgan fingerprint density at radius 3 is 0.483 bits per heavy atom. The minimum Gasteiger partial charge on any atom is -0.807 e. The van der Waals surface area contributed by atoms with Crippen LogP contribution in [0.25, 0.3) is 0 Å². The topological polar surface area (TPSA) is 63.2 Å². The van der Waals surface area contributed by atoms with E-state index in [1.807, 2.05) is 0 Å². The van der Waals surface area contributed by atoms with Gasteiger partial charge in [-0.2, -0.15) is 0 Å². The molecule has 0 saturated heterocycles. The van der Waals surface area contributed by atoms with E-state index in [0.29, 0.717) is 0 Å². The third-order valence-electron chi connectivity index (χ3n) is 10.2. The van der Waals surface area contributed by atoms with Crippen LogP contribution in [0.1, 0.15) is 0 Å². The van der Waals surface area contributed by atoms with Gasteiger partial charge in [0.1, 0.15) is 57.0 Å². The van der Waals surface area contributed by atoms with Gasteiger partial charge in [-0.05, 0) is 110 Å². The zero-order chi connectivity index (χ0) is 41.5. The molecule has 0 aromatic heterocycles. The summed E-state index contributed by atoms with van der Waals surface area (Å²) in [4.78, 5) is 20.6. The maximum absolute atomic E-state index is 10.3. The number of rotatable bonds is 9. The smallest absolute Gasteiger partial charge is 0.144 e. The van der Waals surface area contributed by atoms with Crippen LogP contribution in [0.15, 0.2) is 273 Å². The lowest BCUT2D eigenvalue weighted by Gasteiger charge is -2.29. The molecule has 60 heavy (non-hydrogen) atoms. The summed E-state index contributed by atoms with van der Waals surface area (Å²) in [6.45, 7) is 0. The summed E-state index contributed by atoms with van der Waals surface area (Å²) in [5.41, 5.74) is 0. The van der Waals surface area contributed by atoms with Crippen molar-refractivity contribution < 1.29 is 14.4 Å². The molecule has 0 N–H and O–H groups in total. The largest absolute Gasteiger partial charge is 0.807 e. The zero-order valence-electron chi connectivity index (χ0n) is 33.0. The molecule has 0 fully saturated rings. The maximum atomic E-state index is 10.3. The fraction of sp³-hybridized carbons (Fsp3) is 0. The fourth-order valence-corrected chi connectivity index (χ4v) is 16.7. The predicted molar refractivity (Wildman–Crippen MR) is 256 cm³/mol. The predicted octanol–water partition coefficient (Wildman–Crippen LogP) is 7.84. The number of benzene rings is 9. The van der Waals surface area contributed by atoms with Crippen molar-refractivity contribution in [2.75, 3.05) is 0 Å². The second-order valence-corrected chi connectivity index (χ2v) is 22.2. The Kier molecular flexibility index (Phi) is 14.3. The van der Waals surface area contributed by atoms with Gasteiger partial charge < -0.3 is 14.4 Å². The van der Waals surface area contributed by atoms with Crippen LogP contribution >= 0.6 is 22.1 Å². The monoisotopic (exact) mass is 834 g/mol. The second kappa shape index (κ2) is 20.3. The Hall–Kier alpha value is -6.01. The van der Waals surface area contributed by atoms with Gasteiger partial charge in [-0.25, -0.2) is 0 Å². The quantitative estimate of drug-likeness (QED) is 0.139. The average molecular weight is 835 g/mol. The van der Waals surface area contributed by atoms with Crippen molar-refractivity contribution in [1.82, 2.24) is 0 Å². The van der Waals surface area contributed by atoms with Gasteiger partial charge >= 0.3 is 0 Å². The van der Waals surface area contributed by atoms with Crippen LogP contribution in [0.5, 0.6) is 0 Å². The Bertz CT molecular complexity index is 2160. The Morgan fingerprint density at radius 2 is 0.367 bits per heavy atom. The normalized spacial score (nSPS) is 11.2. The Balaban J connectivity index is 0.000000148. The third kappa shape index (κ3) is 9.39. The molecule has 9 aromatic carbocycles. The van der Waals surface area contributed by atoms with Gasteiger partial charge in [-0.15, -0.1) is 0 Å². The van der Waals surface area contributed by atoms with Gasteiger partial charge in [0.25, 0.3) is 0 Å². The van der Waals surface area contributed by atoms with E-state index in [4.69, 9.17) is 0 Å². The van der Waals surface area contributed by atoms with Gasteiger partial charge in [-0.3, -0.25) is 0 Å². The van der Waals surface area contributed by atoms with Crippen LogP contribution in [0, 0.1) is 0 Å². The lowest BCUT2D eigenvalue weighted by molar-refractivity contribution is -0.307. The molecule has 9 rings (SSSR count). The van der Waals surface area contributed by atoms with Gasteiger partial charge in [0.05, 0.1) is 0 Å². The average Bonchev–Trinajstić information content (AvgIpc) is 3.33. The lowest BCUT2D eigenvalue weighted by atomic mass is 10.3. The molecule has 0 amide bonds. The van der Waals surface area contributed by atoms with Gasteiger partial charge in [0, 0.05) is 0 Å². The van der Waals surface area contributed by atoms with Crippen molar-refractivity contribution in [1.29, 1.82) is 0 Å². The maximum Gasteiger partial charge on any atom is 0.144 e. The molecule has 9 aromatic rings. The first kappa shape index (κ1) is 42.1. The van der Waals surface area contributed by atoms with E-state index in [0.717, 1.165) is 0 Å². The molecule has 0 aliphatic rings. The van der Waals surface area contributed by atoms with Crippen molar-refractivity contribution >= 4 is 69.9 Å². The summed E-state index contributed by atoms with van der Waals surface area (Å²) in [7, 11) is -8.33. The lowest BCUT2D eigenvalue weighted by Crippen LogP contribution is -2.38. The molecule has 0 bridgehead atoms. The minimum absolute atomic E-state index is 0.157. The van der Waals surface area contributed by atoms with E-state index in [2.05, 4.69) is 243 Å². The molecule has 0 spiro atoms. The summed E-state index contributed by atoms with van der Waals surface area (Å²) < 4.78 is 10.3. The Morgan fingerprint density at radius 1 is 0.233 bits per heavy atom. The zero-order valence-corrected chi connectivity index (χ0v) is 35.7. The van der Waals surface area contributed by atoms with Crippen molar-refractivity contribution in [2.45, 2.75) is 0 Å². The van der Waals surface area contributed by atoms with E-state index >= 15 is 0 Å². The van der Waals surface area contributed by atoms with E-state index in [-0.39, 0.29) is 5.30 Å². The second-order valence-electron chi connectivity index (χ2n) is 13.9. The van der Waals surface area contributed by atoms with E-state index < -0.39 is 22.1 Å². The first-order valence-electron chi connectivity index (χ1n) is 19.8. The van der Waals surface area contributed by atoms with Crippen LogP contribution in [0.2, 0.25) is 0 Å². The van der Waals surface area contributed by atoms with Gasteiger partial charge in [-0.1, -0.05) is 176 Å². The fourth-order valence-electron chi connectivity index (χ4n) is 7.61. The van der Waals surface area contributed by atoms with Crippen molar-refractivity contribution in [2.24, 2.45) is 0 Å². The molecule has 0 radical (unpaired) electrons. The highest BCUT2D eigenvalue weighted by Gasteiger charge is 2.48. The van der Waals surface area contributed by atoms with E-state index in [1.54, 1.807) is 6.07 Å². The molecule has 0 atom stereocenters. The Labute approximate surface area is 355 Å². The SMILES string of the molecule is O=P([O-])([O-])c1ccccc1.c1ccc([P+](c2ccccc2)(c2ccccc2)c2ccccc2)cc1.c1ccc([P+](c2ccccc2)(c2ccccc2)c2ccccc2)cc1.